The average molecular weight is 686 g/mol. The summed E-state index contributed by atoms with van der Waals surface area (Å²) in [5.74, 6) is 0.682. The number of pyridine rings is 1. The predicted molar refractivity (Wildman–Crippen MR) is 216 cm³/mol. The van der Waals surface area contributed by atoms with Gasteiger partial charge >= 0.3 is 0 Å². The molecule has 0 spiro atoms. The topological polar surface area (TPSA) is 47.3 Å². The maximum Gasteiger partial charge on any atom is 0.182 e. The Morgan fingerprint density at radius 3 is 1.71 bits per heavy atom. The monoisotopic (exact) mass is 685 g/mol. The Hall–Kier alpha value is -6.35. The van der Waals surface area contributed by atoms with Crippen molar-refractivity contribution in [2.45, 2.75) is 0 Å². The highest BCUT2D eigenvalue weighted by atomic mass is 31.2. The van der Waals surface area contributed by atoms with Crippen LogP contribution in [0.15, 0.2) is 176 Å². The van der Waals surface area contributed by atoms with E-state index in [1.165, 1.54) is 5.39 Å². The molecule has 1 atom stereocenters. The first-order valence-electron chi connectivity index (χ1n) is 17.5. The molecule has 0 saturated carbocycles. The normalized spacial score (nSPS) is 14.8. The fraction of sp³-hybridized carbons (Fsp3) is 0.0213. The first-order chi connectivity index (χ1) is 25.5. The van der Waals surface area contributed by atoms with Gasteiger partial charge in [0.15, 0.2) is 11.5 Å². The summed E-state index contributed by atoms with van der Waals surface area (Å²) < 4.78 is 16.0. The van der Waals surface area contributed by atoms with E-state index in [1.54, 1.807) is 0 Å². The molecule has 1 unspecified atom stereocenters. The molecule has 0 radical (unpaired) electrons. The van der Waals surface area contributed by atoms with Crippen molar-refractivity contribution >= 4 is 34.2 Å². The number of hydrogen-bond donors (Lipinski definition) is 0. The van der Waals surface area contributed by atoms with Crippen LogP contribution >= 0.6 is 7.14 Å². The van der Waals surface area contributed by atoms with Gasteiger partial charge in [0.1, 0.15) is 7.14 Å². The van der Waals surface area contributed by atoms with Gasteiger partial charge in [0.05, 0.1) is 0 Å². The molecule has 0 amide bonds. The van der Waals surface area contributed by atoms with Crippen LogP contribution in [-0.2, 0) is 4.57 Å². The standard InChI is InChI=1S/C47H32N3OP/c1-52(51)44-19-11-10-18-41(44)42-25-24-35(29-45(42)52)38-27-26-37(39-16-8-9-17-40(38)39)33-20-22-34(23-21-33)46-48-47-43(32-14-6-3-7-15-32)28-36(30-50(47)49-46)31-12-4-2-5-13-31/h2-30H,1H3. The van der Waals surface area contributed by atoms with Gasteiger partial charge in [-0.05, 0) is 74.1 Å². The van der Waals surface area contributed by atoms with Crippen LogP contribution in [0.25, 0.3) is 83.4 Å². The molecular formula is C47H32N3OP. The van der Waals surface area contributed by atoms with Crippen LogP contribution in [-0.4, -0.2) is 21.3 Å². The molecular weight excluding hydrogens is 654 g/mol. The third-order valence-electron chi connectivity index (χ3n) is 10.4. The molecule has 2 aromatic heterocycles. The van der Waals surface area contributed by atoms with Crippen molar-refractivity contribution in [2.75, 3.05) is 6.66 Å². The molecule has 0 fully saturated rings. The number of aromatic nitrogens is 3. The molecule has 0 aliphatic carbocycles. The Labute approximate surface area is 302 Å². The van der Waals surface area contributed by atoms with Gasteiger partial charge in [-0.2, -0.15) is 0 Å². The summed E-state index contributed by atoms with van der Waals surface area (Å²) in [5.41, 5.74) is 12.8. The molecule has 5 heteroatoms. The predicted octanol–water partition coefficient (Wildman–Crippen LogP) is 11.1. The minimum absolute atomic E-state index is 0.682. The summed E-state index contributed by atoms with van der Waals surface area (Å²) in [5, 5.41) is 9.22. The first-order valence-corrected chi connectivity index (χ1v) is 19.6. The van der Waals surface area contributed by atoms with Crippen LogP contribution in [0.5, 0.6) is 0 Å². The molecule has 246 valence electrons. The van der Waals surface area contributed by atoms with Crippen LogP contribution in [0.2, 0.25) is 0 Å². The van der Waals surface area contributed by atoms with Crippen LogP contribution in [0.4, 0.5) is 0 Å². The largest absolute Gasteiger partial charge is 0.314 e. The molecule has 4 nitrogen and oxygen atoms in total. The van der Waals surface area contributed by atoms with E-state index in [0.717, 1.165) is 82.8 Å². The van der Waals surface area contributed by atoms with Crippen molar-refractivity contribution in [3.63, 3.8) is 0 Å². The Morgan fingerprint density at radius 1 is 0.442 bits per heavy atom. The van der Waals surface area contributed by atoms with Crippen molar-refractivity contribution in [3.05, 3.63) is 176 Å². The highest BCUT2D eigenvalue weighted by Gasteiger charge is 2.34. The zero-order valence-electron chi connectivity index (χ0n) is 28.4. The highest BCUT2D eigenvalue weighted by molar-refractivity contribution is 7.79. The lowest BCUT2D eigenvalue weighted by molar-refractivity contribution is 0.591. The SMILES string of the molecule is CP1(=O)c2ccccc2-c2ccc(-c3ccc(-c4ccc(-c5nc6c(-c7ccccc7)cc(-c7ccccc7)cn6n5)cc4)c4ccccc34)cc21. The average Bonchev–Trinajstić information content (AvgIpc) is 3.74. The summed E-state index contributed by atoms with van der Waals surface area (Å²) in [4.78, 5) is 5.07. The molecule has 52 heavy (non-hydrogen) atoms. The minimum Gasteiger partial charge on any atom is -0.314 e. The minimum atomic E-state index is -2.68. The Bertz CT molecular complexity index is 2880. The summed E-state index contributed by atoms with van der Waals surface area (Å²) in [7, 11) is -2.68. The lowest BCUT2D eigenvalue weighted by atomic mass is 9.91. The first kappa shape index (κ1) is 30.5. The fourth-order valence-corrected chi connectivity index (χ4v) is 10.1. The van der Waals surface area contributed by atoms with E-state index in [2.05, 4.69) is 146 Å². The molecule has 1 aliphatic heterocycles. The van der Waals surface area contributed by atoms with Gasteiger partial charge in [-0.15, -0.1) is 5.10 Å². The Balaban J connectivity index is 1.03. The molecule has 10 rings (SSSR count). The zero-order valence-corrected chi connectivity index (χ0v) is 29.3. The number of fused-ring (bicyclic) bond motifs is 5. The van der Waals surface area contributed by atoms with Gasteiger partial charge in [-0.1, -0.05) is 158 Å². The van der Waals surface area contributed by atoms with Gasteiger partial charge in [-0.3, -0.25) is 0 Å². The fourth-order valence-electron chi connectivity index (χ4n) is 7.81. The molecule has 1 aliphatic rings. The highest BCUT2D eigenvalue weighted by Crippen LogP contribution is 2.51. The van der Waals surface area contributed by atoms with Crippen LogP contribution in [0, 0.1) is 0 Å². The lowest BCUT2D eigenvalue weighted by Crippen LogP contribution is -2.08. The van der Waals surface area contributed by atoms with E-state index >= 15 is 0 Å². The van der Waals surface area contributed by atoms with E-state index in [0.29, 0.717) is 5.82 Å². The van der Waals surface area contributed by atoms with Crippen LogP contribution in [0.3, 0.4) is 0 Å². The van der Waals surface area contributed by atoms with E-state index < -0.39 is 7.14 Å². The van der Waals surface area contributed by atoms with Gasteiger partial charge in [0.25, 0.3) is 0 Å². The second-order valence-corrected chi connectivity index (χ2v) is 16.3. The molecule has 7 aromatic carbocycles. The molecule has 0 saturated heterocycles. The third-order valence-corrected chi connectivity index (χ3v) is 13.0. The van der Waals surface area contributed by atoms with E-state index in [1.807, 2.05) is 41.5 Å². The van der Waals surface area contributed by atoms with Gasteiger partial charge < -0.3 is 4.57 Å². The summed E-state index contributed by atoms with van der Waals surface area (Å²) in [6.45, 7) is 1.90. The summed E-state index contributed by atoms with van der Waals surface area (Å²) >= 11 is 0. The van der Waals surface area contributed by atoms with E-state index in [4.69, 9.17) is 10.1 Å². The summed E-state index contributed by atoms with van der Waals surface area (Å²) in [6, 6.07) is 59.1. The van der Waals surface area contributed by atoms with Gasteiger partial charge in [-0.25, -0.2) is 9.50 Å². The van der Waals surface area contributed by atoms with Crippen LogP contribution < -0.4 is 10.6 Å². The summed E-state index contributed by atoms with van der Waals surface area (Å²) in [6.07, 6.45) is 2.06. The maximum atomic E-state index is 14.1. The number of nitrogens with zero attached hydrogens (tertiary/aromatic N) is 3. The van der Waals surface area contributed by atoms with Crippen molar-refractivity contribution in [2.24, 2.45) is 0 Å². The molecule has 3 heterocycles. The molecule has 0 N–H and O–H groups in total. The number of hydrogen-bond acceptors (Lipinski definition) is 3. The van der Waals surface area contributed by atoms with Gasteiger partial charge in [0.2, 0.25) is 0 Å². The Kier molecular flexibility index (Phi) is 6.96. The number of benzene rings is 7. The van der Waals surface area contributed by atoms with Crippen molar-refractivity contribution in [1.29, 1.82) is 0 Å². The maximum absolute atomic E-state index is 14.1. The lowest BCUT2D eigenvalue weighted by Gasteiger charge is -2.14. The third kappa shape index (κ3) is 4.87. The van der Waals surface area contributed by atoms with Crippen molar-refractivity contribution < 1.29 is 4.57 Å². The smallest absolute Gasteiger partial charge is 0.182 e. The van der Waals surface area contributed by atoms with E-state index in [9.17, 15) is 4.57 Å². The second kappa shape index (κ2) is 11.9. The van der Waals surface area contributed by atoms with Crippen molar-refractivity contribution in [3.8, 4) is 67.0 Å². The zero-order chi connectivity index (χ0) is 34.8. The molecule has 0 bridgehead atoms. The Morgan fingerprint density at radius 2 is 0.981 bits per heavy atom. The van der Waals surface area contributed by atoms with E-state index in [-0.39, 0.29) is 0 Å². The number of rotatable bonds is 5. The quantitative estimate of drug-likeness (QED) is 0.169. The van der Waals surface area contributed by atoms with Gasteiger partial charge in [0, 0.05) is 33.5 Å². The van der Waals surface area contributed by atoms with Crippen LogP contribution in [0.1, 0.15) is 0 Å². The second-order valence-electron chi connectivity index (χ2n) is 13.5. The van der Waals surface area contributed by atoms with Crippen molar-refractivity contribution in [1.82, 2.24) is 14.6 Å². The molecule has 9 aromatic rings.